The summed E-state index contributed by atoms with van der Waals surface area (Å²) < 4.78 is 18.2. The summed E-state index contributed by atoms with van der Waals surface area (Å²) in [6.45, 7) is 5.64. The number of ether oxygens (including phenoxy) is 1. The van der Waals surface area contributed by atoms with Crippen molar-refractivity contribution in [1.29, 1.82) is 0 Å². The summed E-state index contributed by atoms with van der Waals surface area (Å²) in [5.74, 6) is -0.601. The maximum absolute atomic E-state index is 13.2. The number of aryl methyl sites for hydroxylation is 1. The summed E-state index contributed by atoms with van der Waals surface area (Å²) in [6, 6.07) is 1.46. The number of nitrogens with zero attached hydrogens (tertiary/aromatic N) is 2. The van der Waals surface area contributed by atoms with Crippen LogP contribution in [0.4, 0.5) is 10.1 Å². The zero-order chi connectivity index (χ0) is 13.8. The molecule has 0 radical (unpaired) electrons. The Morgan fingerprint density at radius 2 is 2.21 bits per heavy atom. The van der Waals surface area contributed by atoms with E-state index in [1.54, 1.807) is 6.20 Å². The van der Waals surface area contributed by atoms with E-state index < -0.39 is 5.95 Å². The number of rotatable bonds is 3. The molecule has 0 aromatic carbocycles. The Labute approximate surface area is 112 Å². The standard InChI is InChI=1S/C14H19FN2O2/c1-3-19-14(18)11-4-6-17(7-5-11)12-8-13(15)16-9-10(12)2/h8-9,11H,3-7H2,1-2H3. The van der Waals surface area contributed by atoms with E-state index >= 15 is 0 Å². The average Bonchev–Trinajstić information content (AvgIpc) is 2.42. The van der Waals surface area contributed by atoms with Crippen LogP contribution in [0.25, 0.3) is 0 Å². The summed E-state index contributed by atoms with van der Waals surface area (Å²) >= 11 is 0. The number of esters is 1. The molecular weight excluding hydrogens is 247 g/mol. The van der Waals surface area contributed by atoms with Crippen molar-refractivity contribution in [1.82, 2.24) is 4.98 Å². The van der Waals surface area contributed by atoms with E-state index in [1.165, 1.54) is 6.07 Å². The largest absolute Gasteiger partial charge is 0.466 e. The van der Waals surface area contributed by atoms with Crippen molar-refractivity contribution >= 4 is 11.7 Å². The minimum atomic E-state index is -0.465. The molecule has 19 heavy (non-hydrogen) atoms. The molecule has 104 valence electrons. The number of carbonyl (C=O) groups is 1. The van der Waals surface area contributed by atoms with Crippen molar-refractivity contribution in [3.63, 3.8) is 0 Å². The van der Waals surface area contributed by atoms with Crippen LogP contribution in [0.5, 0.6) is 0 Å². The van der Waals surface area contributed by atoms with Crippen LogP contribution in [0.1, 0.15) is 25.3 Å². The molecule has 4 nitrogen and oxygen atoms in total. The highest BCUT2D eigenvalue weighted by Crippen LogP contribution is 2.26. The first-order valence-corrected chi connectivity index (χ1v) is 6.65. The van der Waals surface area contributed by atoms with Gasteiger partial charge in [-0.3, -0.25) is 4.79 Å². The van der Waals surface area contributed by atoms with Crippen LogP contribution in [0, 0.1) is 18.8 Å². The molecule has 0 atom stereocenters. The Morgan fingerprint density at radius 1 is 1.53 bits per heavy atom. The Hall–Kier alpha value is -1.65. The van der Waals surface area contributed by atoms with E-state index in [9.17, 15) is 9.18 Å². The van der Waals surface area contributed by atoms with Crippen LogP contribution in [0.3, 0.4) is 0 Å². The number of hydrogen-bond donors (Lipinski definition) is 0. The van der Waals surface area contributed by atoms with E-state index in [-0.39, 0.29) is 11.9 Å². The van der Waals surface area contributed by atoms with Crippen LogP contribution in [0.2, 0.25) is 0 Å². The lowest BCUT2D eigenvalue weighted by molar-refractivity contribution is -0.148. The summed E-state index contributed by atoms with van der Waals surface area (Å²) in [6.07, 6.45) is 3.05. The Kier molecular flexibility index (Phi) is 4.35. The molecule has 2 heterocycles. The van der Waals surface area contributed by atoms with Gasteiger partial charge in [-0.05, 0) is 32.3 Å². The predicted molar refractivity (Wildman–Crippen MR) is 70.5 cm³/mol. The Balaban J connectivity index is 2.00. The van der Waals surface area contributed by atoms with Gasteiger partial charge in [-0.15, -0.1) is 0 Å². The van der Waals surface area contributed by atoms with Gasteiger partial charge in [0.1, 0.15) is 0 Å². The third-order valence-electron chi connectivity index (χ3n) is 3.50. The lowest BCUT2D eigenvalue weighted by Crippen LogP contribution is -2.37. The molecule has 1 saturated heterocycles. The normalized spacial score (nSPS) is 16.5. The fraction of sp³-hybridized carbons (Fsp3) is 0.571. The van der Waals surface area contributed by atoms with E-state index in [0.29, 0.717) is 6.61 Å². The molecule has 1 aliphatic rings. The van der Waals surface area contributed by atoms with Crippen LogP contribution < -0.4 is 4.90 Å². The third-order valence-corrected chi connectivity index (χ3v) is 3.50. The van der Waals surface area contributed by atoms with E-state index in [2.05, 4.69) is 9.88 Å². The van der Waals surface area contributed by atoms with Crippen LogP contribution in [-0.4, -0.2) is 30.6 Å². The first-order chi connectivity index (χ1) is 9.11. The molecule has 0 saturated carbocycles. The van der Waals surface area contributed by atoms with E-state index in [0.717, 1.165) is 37.2 Å². The maximum Gasteiger partial charge on any atom is 0.309 e. The fourth-order valence-corrected chi connectivity index (χ4v) is 2.45. The molecule has 1 aromatic rings. The van der Waals surface area contributed by atoms with Crippen molar-refractivity contribution < 1.29 is 13.9 Å². The average molecular weight is 266 g/mol. The second kappa shape index (κ2) is 5.99. The summed E-state index contributed by atoms with van der Waals surface area (Å²) in [5, 5.41) is 0. The molecule has 1 aliphatic heterocycles. The van der Waals surface area contributed by atoms with Gasteiger partial charge in [-0.25, -0.2) is 4.98 Å². The predicted octanol–water partition coefficient (Wildman–Crippen LogP) is 2.31. The highest BCUT2D eigenvalue weighted by atomic mass is 19.1. The molecule has 0 unspecified atom stereocenters. The number of hydrogen-bond acceptors (Lipinski definition) is 4. The topological polar surface area (TPSA) is 42.4 Å². The molecule has 0 amide bonds. The zero-order valence-electron chi connectivity index (χ0n) is 11.4. The van der Waals surface area contributed by atoms with Gasteiger partial charge >= 0.3 is 5.97 Å². The van der Waals surface area contributed by atoms with Gasteiger partial charge in [0, 0.05) is 31.0 Å². The second-order valence-electron chi connectivity index (χ2n) is 4.81. The quantitative estimate of drug-likeness (QED) is 0.622. The van der Waals surface area contributed by atoms with Crippen molar-refractivity contribution in [2.75, 3.05) is 24.6 Å². The summed E-state index contributed by atoms with van der Waals surface area (Å²) in [5.41, 5.74) is 1.82. The molecule has 1 aromatic heterocycles. The minimum absolute atomic E-state index is 0.0248. The number of halogens is 1. The number of aromatic nitrogens is 1. The van der Waals surface area contributed by atoms with E-state index in [1.807, 2.05) is 13.8 Å². The fourth-order valence-electron chi connectivity index (χ4n) is 2.45. The second-order valence-corrected chi connectivity index (χ2v) is 4.81. The number of carbonyl (C=O) groups excluding carboxylic acids is 1. The van der Waals surface area contributed by atoms with Gasteiger partial charge < -0.3 is 9.64 Å². The first kappa shape index (κ1) is 13.8. The SMILES string of the molecule is CCOC(=O)C1CCN(c2cc(F)ncc2C)CC1. The van der Waals surface area contributed by atoms with Gasteiger partial charge in [-0.1, -0.05) is 0 Å². The van der Waals surface area contributed by atoms with Crippen LogP contribution >= 0.6 is 0 Å². The number of pyridine rings is 1. The maximum atomic E-state index is 13.2. The molecule has 0 N–H and O–H groups in total. The van der Waals surface area contributed by atoms with Crippen molar-refractivity contribution in [2.45, 2.75) is 26.7 Å². The number of anilines is 1. The smallest absolute Gasteiger partial charge is 0.309 e. The molecule has 0 aliphatic carbocycles. The molecule has 1 fully saturated rings. The van der Waals surface area contributed by atoms with Crippen LogP contribution in [-0.2, 0) is 9.53 Å². The van der Waals surface area contributed by atoms with E-state index in [4.69, 9.17) is 4.74 Å². The summed E-state index contributed by atoms with van der Waals surface area (Å²) in [7, 11) is 0. The third kappa shape index (κ3) is 3.22. The molecule has 0 bridgehead atoms. The van der Waals surface area contributed by atoms with Gasteiger partial charge in [0.05, 0.1) is 12.5 Å². The minimum Gasteiger partial charge on any atom is -0.466 e. The van der Waals surface area contributed by atoms with Crippen molar-refractivity contribution in [2.24, 2.45) is 5.92 Å². The lowest BCUT2D eigenvalue weighted by atomic mass is 9.96. The zero-order valence-corrected chi connectivity index (χ0v) is 11.4. The number of piperidine rings is 1. The monoisotopic (exact) mass is 266 g/mol. The summed E-state index contributed by atoms with van der Waals surface area (Å²) in [4.78, 5) is 17.4. The van der Waals surface area contributed by atoms with Gasteiger partial charge in [0.25, 0.3) is 0 Å². The lowest BCUT2D eigenvalue weighted by Gasteiger charge is -2.33. The first-order valence-electron chi connectivity index (χ1n) is 6.65. The highest BCUT2D eigenvalue weighted by Gasteiger charge is 2.26. The molecular formula is C14H19FN2O2. The van der Waals surface area contributed by atoms with Gasteiger partial charge in [0.2, 0.25) is 5.95 Å². The Morgan fingerprint density at radius 3 is 2.84 bits per heavy atom. The van der Waals surface area contributed by atoms with Crippen molar-refractivity contribution in [3.8, 4) is 0 Å². The van der Waals surface area contributed by atoms with Crippen molar-refractivity contribution in [3.05, 3.63) is 23.8 Å². The molecule has 5 heteroatoms. The van der Waals surface area contributed by atoms with Crippen LogP contribution in [0.15, 0.2) is 12.3 Å². The molecule has 0 spiro atoms. The van der Waals surface area contributed by atoms with Gasteiger partial charge in [-0.2, -0.15) is 4.39 Å². The Bertz CT molecular complexity index is 457. The van der Waals surface area contributed by atoms with Gasteiger partial charge in [0.15, 0.2) is 0 Å². The highest BCUT2D eigenvalue weighted by molar-refractivity contribution is 5.73. The molecule has 2 rings (SSSR count).